The van der Waals surface area contributed by atoms with Gasteiger partial charge in [-0.2, -0.15) is 0 Å². The van der Waals surface area contributed by atoms with Crippen molar-refractivity contribution in [3.05, 3.63) is 35.9 Å². The highest BCUT2D eigenvalue weighted by molar-refractivity contribution is 5.85. The van der Waals surface area contributed by atoms with Gasteiger partial charge in [0.1, 0.15) is 0 Å². The van der Waals surface area contributed by atoms with Crippen LogP contribution in [-0.4, -0.2) is 19.0 Å². The van der Waals surface area contributed by atoms with Gasteiger partial charge in [-0.25, -0.2) is 0 Å². The molecule has 2 atom stereocenters. The van der Waals surface area contributed by atoms with Gasteiger partial charge in [-0.05, 0) is 30.9 Å². The molecule has 1 aliphatic rings. The molecule has 112 valence electrons. The van der Waals surface area contributed by atoms with Crippen LogP contribution < -0.4 is 10.6 Å². The smallest absolute Gasteiger partial charge is 0.224 e. The van der Waals surface area contributed by atoms with Crippen LogP contribution in [0.3, 0.4) is 0 Å². The molecule has 1 aromatic rings. The first-order valence-corrected chi connectivity index (χ1v) is 7.24. The molecule has 0 spiro atoms. The largest absolute Gasteiger partial charge is 0.349 e. The highest BCUT2D eigenvalue weighted by Gasteiger charge is 2.25. The summed E-state index contributed by atoms with van der Waals surface area (Å²) in [7, 11) is 0. The molecule has 4 heteroatoms. The Morgan fingerprint density at radius 1 is 1.30 bits per heavy atom. The molecule has 20 heavy (non-hydrogen) atoms. The minimum Gasteiger partial charge on any atom is -0.349 e. The van der Waals surface area contributed by atoms with Crippen molar-refractivity contribution in [3.8, 4) is 0 Å². The van der Waals surface area contributed by atoms with E-state index in [2.05, 4.69) is 36.6 Å². The van der Waals surface area contributed by atoms with Gasteiger partial charge in [-0.15, -0.1) is 12.4 Å². The van der Waals surface area contributed by atoms with Crippen LogP contribution in [0.4, 0.5) is 0 Å². The maximum atomic E-state index is 12.3. The van der Waals surface area contributed by atoms with E-state index in [0.717, 1.165) is 25.9 Å². The number of halogens is 1. The van der Waals surface area contributed by atoms with E-state index in [1.54, 1.807) is 0 Å². The fourth-order valence-corrected chi connectivity index (χ4v) is 2.64. The van der Waals surface area contributed by atoms with Gasteiger partial charge in [0.25, 0.3) is 0 Å². The zero-order valence-electron chi connectivity index (χ0n) is 12.3. The van der Waals surface area contributed by atoms with Crippen molar-refractivity contribution < 1.29 is 4.79 Å². The number of amides is 1. The third kappa shape index (κ3) is 4.50. The number of piperidine rings is 1. The van der Waals surface area contributed by atoms with Crippen molar-refractivity contribution in [3.63, 3.8) is 0 Å². The molecule has 0 radical (unpaired) electrons. The van der Waals surface area contributed by atoms with Crippen molar-refractivity contribution in [2.24, 2.45) is 11.8 Å². The third-order valence-corrected chi connectivity index (χ3v) is 3.79. The third-order valence-electron chi connectivity index (χ3n) is 3.79. The lowest BCUT2D eigenvalue weighted by Crippen LogP contribution is -2.42. The summed E-state index contributed by atoms with van der Waals surface area (Å²) in [5, 5.41) is 6.52. The molecule has 1 saturated heterocycles. The number of nitrogens with one attached hydrogen (secondary N) is 2. The van der Waals surface area contributed by atoms with Crippen molar-refractivity contribution in [2.75, 3.05) is 13.1 Å². The molecule has 1 unspecified atom stereocenters. The van der Waals surface area contributed by atoms with E-state index >= 15 is 0 Å². The van der Waals surface area contributed by atoms with Crippen LogP contribution in [0.5, 0.6) is 0 Å². The lowest BCUT2D eigenvalue weighted by Gasteiger charge is -2.27. The van der Waals surface area contributed by atoms with Gasteiger partial charge in [-0.3, -0.25) is 4.79 Å². The first-order valence-electron chi connectivity index (χ1n) is 7.24. The Morgan fingerprint density at radius 3 is 2.55 bits per heavy atom. The van der Waals surface area contributed by atoms with Crippen LogP contribution in [0.2, 0.25) is 0 Å². The average Bonchev–Trinajstić information content (AvgIpc) is 2.46. The minimum atomic E-state index is 0. The normalized spacial score (nSPS) is 20.1. The molecule has 3 nitrogen and oxygen atoms in total. The Hall–Kier alpha value is -1.06. The fourth-order valence-electron chi connectivity index (χ4n) is 2.64. The molecular formula is C16H25ClN2O. The second-order valence-corrected chi connectivity index (χ2v) is 5.68. The van der Waals surface area contributed by atoms with E-state index in [1.165, 1.54) is 5.56 Å². The highest BCUT2D eigenvalue weighted by atomic mass is 35.5. The van der Waals surface area contributed by atoms with Crippen LogP contribution in [0.25, 0.3) is 0 Å². The highest BCUT2D eigenvalue weighted by Crippen LogP contribution is 2.22. The van der Waals surface area contributed by atoms with Gasteiger partial charge >= 0.3 is 0 Å². The van der Waals surface area contributed by atoms with Gasteiger partial charge in [0, 0.05) is 6.54 Å². The molecule has 1 fully saturated rings. The van der Waals surface area contributed by atoms with E-state index in [0.29, 0.717) is 5.92 Å². The van der Waals surface area contributed by atoms with E-state index in [-0.39, 0.29) is 30.3 Å². The Morgan fingerprint density at radius 2 is 2.00 bits per heavy atom. The number of hydrogen-bond acceptors (Lipinski definition) is 2. The summed E-state index contributed by atoms with van der Waals surface area (Å²) in [5.74, 6) is 0.705. The summed E-state index contributed by atoms with van der Waals surface area (Å²) >= 11 is 0. The average molecular weight is 297 g/mol. The SMILES string of the molecule is CC(C)C(NC(=O)[C@@H]1CCCNC1)c1ccccc1.Cl. The van der Waals surface area contributed by atoms with Crippen LogP contribution in [0.1, 0.15) is 38.3 Å². The van der Waals surface area contributed by atoms with Crippen LogP contribution in [-0.2, 0) is 4.79 Å². The van der Waals surface area contributed by atoms with Gasteiger partial charge in [0.15, 0.2) is 0 Å². The molecule has 1 aromatic carbocycles. The van der Waals surface area contributed by atoms with E-state index in [4.69, 9.17) is 0 Å². The monoisotopic (exact) mass is 296 g/mol. The predicted molar refractivity (Wildman–Crippen MR) is 85.0 cm³/mol. The zero-order chi connectivity index (χ0) is 13.7. The second kappa shape index (κ2) is 8.28. The summed E-state index contributed by atoms with van der Waals surface area (Å²) in [6.07, 6.45) is 2.09. The summed E-state index contributed by atoms with van der Waals surface area (Å²) in [4.78, 5) is 12.3. The zero-order valence-corrected chi connectivity index (χ0v) is 13.1. The lowest BCUT2D eigenvalue weighted by molar-refractivity contribution is -0.126. The van der Waals surface area contributed by atoms with Gasteiger partial charge in [0.2, 0.25) is 5.91 Å². The van der Waals surface area contributed by atoms with Crippen molar-refractivity contribution in [2.45, 2.75) is 32.7 Å². The van der Waals surface area contributed by atoms with Crippen molar-refractivity contribution >= 4 is 18.3 Å². The van der Waals surface area contributed by atoms with Crippen molar-refractivity contribution in [1.82, 2.24) is 10.6 Å². The maximum Gasteiger partial charge on any atom is 0.224 e. The molecule has 0 aliphatic carbocycles. The van der Waals surface area contributed by atoms with Gasteiger partial charge in [0.05, 0.1) is 12.0 Å². The molecule has 0 bridgehead atoms. The molecule has 2 rings (SSSR count). The summed E-state index contributed by atoms with van der Waals surface area (Å²) in [6.45, 7) is 6.15. The molecule has 1 heterocycles. The number of benzene rings is 1. The molecule has 0 aromatic heterocycles. The number of carbonyl (C=O) groups is 1. The fraction of sp³-hybridized carbons (Fsp3) is 0.562. The van der Waals surface area contributed by atoms with E-state index in [9.17, 15) is 4.79 Å². The quantitative estimate of drug-likeness (QED) is 0.897. The number of carbonyl (C=O) groups excluding carboxylic acids is 1. The molecule has 0 saturated carbocycles. The number of hydrogen-bond donors (Lipinski definition) is 2. The Balaban J connectivity index is 0.00000200. The topological polar surface area (TPSA) is 41.1 Å². The summed E-state index contributed by atoms with van der Waals surface area (Å²) in [5.41, 5.74) is 1.19. The summed E-state index contributed by atoms with van der Waals surface area (Å²) < 4.78 is 0. The Bertz CT molecular complexity index is 402. The lowest BCUT2D eigenvalue weighted by atomic mass is 9.93. The number of rotatable bonds is 4. The first kappa shape index (κ1) is 17.0. The molecular weight excluding hydrogens is 272 g/mol. The minimum absolute atomic E-state index is 0. The first-order chi connectivity index (χ1) is 9.18. The van der Waals surface area contributed by atoms with Gasteiger partial charge < -0.3 is 10.6 Å². The molecule has 1 aliphatic heterocycles. The van der Waals surface area contributed by atoms with Crippen LogP contribution in [0.15, 0.2) is 30.3 Å². The van der Waals surface area contributed by atoms with Crippen molar-refractivity contribution in [1.29, 1.82) is 0 Å². The van der Waals surface area contributed by atoms with Crippen LogP contribution >= 0.6 is 12.4 Å². The summed E-state index contributed by atoms with van der Waals surface area (Å²) in [6, 6.07) is 10.3. The van der Waals surface area contributed by atoms with E-state index in [1.807, 2.05) is 18.2 Å². The van der Waals surface area contributed by atoms with E-state index < -0.39 is 0 Å². The second-order valence-electron chi connectivity index (χ2n) is 5.68. The van der Waals surface area contributed by atoms with Crippen LogP contribution in [0, 0.1) is 11.8 Å². The standard InChI is InChI=1S/C16H24N2O.ClH/c1-12(2)15(13-7-4-3-5-8-13)18-16(19)14-9-6-10-17-11-14;/h3-5,7-8,12,14-15,17H,6,9-11H2,1-2H3,(H,18,19);1H/t14-,15?;/m1./s1. The van der Waals surface area contributed by atoms with Gasteiger partial charge in [-0.1, -0.05) is 44.2 Å². The molecule has 2 N–H and O–H groups in total. The Kier molecular flexibility index (Phi) is 7.03. The predicted octanol–water partition coefficient (Wildman–Crippen LogP) is 2.92. The Labute approximate surface area is 127 Å². The maximum absolute atomic E-state index is 12.3. The molecule has 1 amide bonds.